The quantitative estimate of drug-likeness (QED) is 0.731. The van der Waals surface area contributed by atoms with Crippen LogP contribution in [0.2, 0.25) is 0 Å². The molecule has 1 aromatic rings. The zero-order valence-corrected chi connectivity index (χ0v) is 9.11. The van der Waals surface area contributed by atoms with Gasteiger partial charge in [-0.15, -0.1) is 0 Å². The second-order valence-corrected chi connectivity index (χ2v) is 4.34. The Morgan fingerprint density at radius 3 is 2.69 bits per heavy atom. The van der Waals surface area contributed by atoms with E-state index in [0.717, 1.165) is 18.4 Å². The van der Waals surface area contributed by atoms with E-state index in [4.69, 9.17) is 10.6 Å². The van der Waals surface area contributed by atoms with Gasteiger partial charge in [-0.25, -0.2) is 5.48 Å². The summed E-state index contributed by atoms with van der Waals surface area (Å²) in [7, 11) is 0. The number of carbonyl (C=O) groups excluding carboxylic acids is 1. The number of amides is 1. The van der Waals surface area contributed by atoms with Crippen molar-refractivity contribution < 1.29 is 9.63 Å². The molecule has 1 fully saturated rings. The van der Waals surface area contributed by atoms with Crippen molar-refractivity contribution >= 4 is 5.91 Å². The molecule has 1 aromatic carbocycles. The van der Waals surface area contributed by atoms with E-state index in [9.17, 15) is 4.79 Å². The molecule has 0 aromatic heterocycles. The number of nitrogens with two attached hydrogens (primary N) is 1. The SMILES string of the molecule is NC1(CC(=O)NOCc2ccccc2)CC1. The third kappa shape index (κ3) is 3.32. The second kappa shape index (κ2) is 4.63. The summed E-state index contributed by atoms with van der Waals surface area (Å²) in [5.41, 5.74) is 8.98. The van der Waals surface area contributed by atoms with Crippen molar-refractivity contribution in [1.29, 1.82) is 0 Å². The molecule has 0 heterocycles. The van der Waals surface area contributed by atoms with Crippen molar-refractivity contribution in [2.75, 3.05) is 0 Å². The lowest BCUT2D eigenvalue weighted by molar-refractivity contribution is -0.135. The van der Waals surface area contributed by atoms with E-state index in [0.29, 0.717) is 13.0 Å². The van der Waals surface area contributed by atoms with Gasteiger partial charge < -0.3 is 5.73 Å². The number of hydrogen-bond donors (Lipinski definition) is 2. The molecule has 0 aliphatic heterocycles. The third-order valence-corrected chi connectivity index (χ3v) is 2.67. The number of carbonyl (C=O) groups is 1. The first-order valence-corrected chi connectivity index (χ1v) is 5.41. The molecule has 16 heavy (non-hydrogen) atoms. The van der Waals surface area contributed by atoms with Crippen LogP contribution in [0, 0.1) is 0 Å². The van der Waals surface area contributed by atoms with E-state index < -0.39 is 0 Å². The van der Waals surface area contributed by atoms with Crippen LogP contribution in [-0.2, 0) is 16.2 Å². The predicted octanol–water partition coefficient (Wildman–Crippen LogP) is 1.12. The number of nitrogens with one attached hydrogen (secondary N) is 1. The summed E-state index contributed by atoms with van der Waals surface area (Å²) in [6, 6.07) is 9.68. The molecule has 0 bridgehead atoms. The summed E-state index contributed by atoms with van der Waals surface area (Å²) in [5, 5.41) is 0. The zero-order valence-electron chi connectivity index (χ0n) is 9.11. The lowest BCUT2D eigenvalue weighted by Crippen LogP contribution is -2.33. The van der Waals surface area contributed by atoms with Crippen molar-refractivity contribution in [2.45, 2.75) is 31.4 Å². The Kier molecular flexibility index (Phi) is 3.22. The Morgan fingerprint density at radius 1 is 1.38 bits per heavy atom. The van der Waals surface area contributed by atoms with Gasteiger partial charge in [-0.3, -0.25) is 9.63 Å². The van der Waals surface area contributed by atoms with E-state index >= 15 is 0 Å². The van der Waals surface area contributed by atoms with E-state index in [1.165, 1.54) is 0 Å². The highest BCUT2D eigenvalue weighted by Crippen LogP contribution is 2.35. The van der Waals surface area contributed by atoms with Crippen LogP contribution in [0.4, 0.5) is 0 Å². The average molecular weight is 220 g/mol. The fraction of sp³-hybridized carbons (Fsp3) is 0.417. The van der Waals surface area contributed by atoms with Crippen LogP contribution in [0.3, 0.4) is 0 Å². The van der Waals surface area contributed by atoms with Gasteiger partial charge in [0.15, 0.2) is 0 Å². The largest absolute Gasteiger partial charge is 0.325 e. The summed E-state index contributed by atoms with van der Waals surface area (Å²) >= 11 is 0. The maximum Gasteiger partial charge on any atom is 0.245 e. The van der Waals surface area contributed by atoms with E-state index in [-0.39, 0.29) is 11.4 Å². The number of hydroxylamine groups is 1. The number of rotatable bonds is 5. The van der Waals surface area contributed by atoms with Crippen molar-refractivity contribution in [1.82, 2.24) is 5.48 Å². The predicted molar refractivity (Wildman–Crippen MR) is 60.1 cm³/mol. The van der Waals surface area contributed by atoms with Crippen LogP contribution in [0.15, 0.2) is 30.3 Å². The lowest BCUT2D eigenvalue weighted by atomic mass is 10.2. The molecule has 1 saturated carbocycles. The molecule has 86 valence electrons. The van der Waals surface area contributed by atoms with E-state index in [1.807, 2.05) is 30.3 Å². The molecule has 0 unspecified atom stereocenters. The summed E-state index contributed by atoms with van der Waals surface area (Å²) in [5.74, 6) is -0.143. The van der Waals surface area contributed by atoms with E-state index in [1.54, 1.807) is 0 Å². The van der Waals surface area contributed by atoms with E-state index in [2.05, 4.69) is 5.48 Å². The monoisotopic (exact) mass is 220 g/mol. The van der Waals surface area contributed by atoms with Crippen molar-refractivity contribution in [3.63, 3.8) is 0 Å². The van der Waals surface area contributed by atoms with Crippen molar-refractivity contribution in [3.05, 3.63) is 35.9 Å². The van der Waals surface area contributed by atoms with Gasteiger partial charge >= 0.3 is 0 Å². The third-order valence-electron chi connectivity index (χ3n) is 2.67. The average Bonchev–Trinajstić information content (AvgIpc) is 2.97. The number of hydrogen-bond acceptors (Lipinski definition) is 3. The Hall–Kier alpha value is -1.39. The van der Waals surface area contributed by atoms with Crippen molar-refractivity contribution in [3.8, 4) is 0 Å². The molecule has 2 rings (SSSR count). The van der Waals surface area contributed by atoms with Crippen LogP contribution in [-0.4, -0.2) is 11.4 Å². The van der Waals surface area contributed by atoms with Gasteiger partial charge in [0.1, 0.15) is 0 Å². The van der Waals surface area contributed by atoms with Gasteiger partial charge in [-0.2, -0.15) is 0 Å². The zero-order chi connectivity index (χ0) is 11.4. The van der Waals surface area contributed by atoms with Crippen LogP contribution in [0.1, 0.15) is 24.8 Å². The molecule has 1 aliphatic carbocycles. The highest BCUT2D eigenvalue weighted by molar-refractivity contribution is 5.76. The van der Waals surface area contributed by atoms with Gasteiger partial charge in [0.25, 0.3) is 0 Å². The Bertz CT molecular complexity index is 361. The molecule has 4 heteroatoms. The Labute approximate surface area is 94.7 Å². The minimum atomic E-state index is -0.264. The molecular weight excluding hydrogens is 204 g/mol. The molecule has 3 N–H and O–H groups in total. The molecule has 1 aliphatic rings. The standard InChI is InChI=1S/C12H16N2O2/c13-12(6-7-12)8-11(15)14-16-9-10-4-2-1-3-5-10/h1-5H,6-9,13H2,(H,14,15). The van der Waals surface area contributed by atoms with Crippen LogP contribution in [0.5, 0.6) is 0 Å². The fourth-order valence-electron chi connectivity index (χ4n) is 1.47. The molecule has 0 atom stereocenters. The minimum Gasteiger partial charge on any atom is -0.325 e. The van der Waals surface area contributed by atoms with Gasteiger partial charge in [0.2, 0.25) is 5.91 Å². The number of benzene rings is 1. The molecule has 0 radical (unpaired) electrons. The van der Waals surface area contributed by atoms with Gasteiger partial charge in [-0.05, 0) is 18.4 Å². The summed E-state index contributed by atoms with van der Waals surface area (Å²) in [6.45, 7) is 0.379. The van der Waals surface area contributed by atoms with Crippen LogP contribution < -0.4 is 11.2 Å². The summed E-state index contributed by atoms with van der Waals surface area (Å²) in [6.07, 6.45) is 2.21. The molecular formula is C12H16N2O2. The van der Waals surface area contributed by atoms with Crippen LogP contribution in [0.25, 0.3) is 0 Å². The summed E-state index contributed by atoms with van der Waals surface area (Å²) < 4.78 is 0. The lowest BCUT2D eigenvalue weighted by Gasteiger charge is -2.09. The first kappa shape index (κ1) is 11.1. The maximum absolute atomic E-state index is 11.4. The van der Waals surface area contributed by atoms with Gasteiger partial charge in [-0.1, -0.05) is 30.3 Å². The van der Waals surface area contributed by atoms with Crippen LogP contribution >= 0.6 is 0 Å². The maximum atomic E-state index is 11.4. The topological polar surface area (TPSA) is 64.4 Å². The fourth-order valence-corrected chi connectivity index (χ4v) is 1.47. The van der Waals surface area contributed by atoms with Gasteiger partial charge in [0, 0.05) is 12.0 Å². The smallest absolute Gasteiger partial charge is 0.245 e. The Morgan fingerprint density at radius 2 is 2.06 bits per heavy atom. The first-order valence-electron chi connectivity index (χ1n) is 5.41. The molecule has 0 spiro atoms. The highest BCUT2D eigenvalue weighted by Gasteiger charge is 2.40. The van der Waals surface area contributed by atoms with Gasteiger partial charge in [0.05, 0.1) is 6.61 Å². The molecule has 4 nitrogen and oxygen atoms in total. The molecule has 0 saturated heterocycles. The Balaban J connectivity index is 1.66. The minimum absolute atomic E-state index is 0.143. The molecule has 1 amide bonds. The normalized spacial score (nSPS) is 16.8. The first-order chi connectivity index (χ1) is 7.68. The van der Waals surface area contributed by atoms with Crippen molar-refractivity contribution in [2.24, 2.45) is 5.73 Å². The summed E-state index contributed by atoms with van der Waals surface area (Å²) in [4.78, 5) is 16.5. The highest BCUT2D eigenvalue weighted by atomic mass is 16.6. The second-order valence-electron chi connectivity index (χ2n) is 4.34.